The molecule has 1 aliphatic rings. The zero-order valence-corrected chi connectivity index (χ0v) is 18.4. The van der Waals surface area contributed by atoms with Gasteiger partial charge >= 0.3 is 0 Å². The van der Waals surface area contributed by atoms with E-state index in [4.69, 9.17) is 0 Å². The van der Waals surface area contributed by atoms with Gasteiger partial charge in [0.05, 0.1) is 12.6 Å². The molecule has 0 bridgehead atoms. The van der Waals surface area contributed by atoms with E-state index in [1.54, 1.807) is 0 Å². The molecule has 1 heterocycles. The van der Waals surface area contributed by atoms with Gasteiger partial charge in [-0.1, -0.05) is 12.1 Å². The van der Waals surface area contributed by atoms with Gasteiger partial charge in [-0.3, -0.25) is 4.79 Å². The van der Waals surface area contributed by atoms with Crippen molar-refractivity contribution in [2.75, 3.05) is 19.6 Å². The number of aliphatic hydroxyl groups is 1. The Bertz CT molecular complexity index is 628. The summed E-state index contributed by atoms with van der Waals surface area (Å²) >= 11 is 0. The SMILES string of the molecule is CCNC(=NCc1cccc(C(=O)NC(C)(C)C)c1)N1CC[C@@H](O)C1.I. The molecule has 1 aromatic rings. The standard InChI is InChI=1S/C19H30N4O2.HI/c1-5-20-18(23-10-9-16(24)13-23)21-12-14-7-6-8-15(11-14)17(25)22-19(2,3)4;/h6-8,11,16,24H,5,9-10,12-13H2,1-4H3,(H,20,21)(H,22,25);1H/t16-;/m1./s1. The van der Waals surface area contributed by atoms with E-state index in [2.05, 4.69) is 20.5 Å². The van der Waals surface area contributed by atoms with Crippen molar-refractivity contribution in [3.05, 3.63) is 35.4 Å². The number of guanidine groups is 1. The average Bonchev–Trinajstić information content (AvgIpc) is 2.96. The number of β-amino-alcohol motifs (C(OH)–C–C–N with tert-alkyl or cyclic N) is 1. The molecule has 3 N–H and O–H groups in total. The number of nitrogens with zero attached hydrogens (tertiary/aromatic N) is 2. The predicted molar refractivity (Wildman–Crippen MR) is 116 cm³/mol. The fourth-order valence-electron chi connectivity index (χ4n) is 2.75. The number of halogens is 1. The van der Waals surface area contributed by atoms with Crippen molar-refractivity contribution in [2.45, 2.75) is 52.3 Å². The maximum absolute atomic E-state index is 12.3. The highest BCUT2D eigenvalue weighted by atomic mass is 127. The van der Waals surface area contributed by atoms with E-state index in [1.165, 1.54) is 0 Å². The van der Waals surface area contributed by atoms with E-state index in [0.717, 1.165) is 31.0 Å². The summed E-state index contributed by atoms with van der Waals surface area (Å²) in [7, 11) is 0. The topological polar surface area (TPSA) is 77.0 Å². The molecule has 0 aromatic heterocycles. The molecule has 1 amide bonds. The molecule has 0 saturated carbocycles. The predicted octanol–water partition coefficient (Wildman–Crippen LogP) is 2.37. The number of aliphatic imine (C=N–C) groups is 1. The van der Waals surface area contributed by atoms with Crippen molar-refractivity contribution < 1.29 is 9.90 Å². The van der Waals surface area contributed by atoms with Gasteiger partial charge in [0.25, 0.3) is 5.91 Å². The number of benzene rings is 1. The highest BCUT2D eigenvalue weighted by Gasteiger charge is 2.22. The molecule has 1 fully saturated rings. The molecule has 0 aliphatic carbocycles. The van der Waals surface area contributed by atoms with E-state index in [9.17, 15) is 9.90 Å². The molecule has 0 radical (unpaired) electrons. The number of aliphatic hydroxyl groups excluding tert-OH is 1. The van der Waals surface area contributed by atoms with Gasteiger partial charge in [0.1, 0.15) is 0 Å². The third-order valence-corrected chi connectivity index (χ3v) is 3.89. The fourth-order valence-corrected chi connectivity index (χ4v) is 2.75. The van der Waals surface area contributed by atoms with Crippen LogP contribution in [-0.4, -0.2) is 53.2 Å². The number of nitrogens with one attached hydrogen (secondary N) is 2. The first-order valence-electron chi connectivity index (χ1n) is 8.91. The van der Waals surface area contributed by atoms with Gasteiger partial charge in [-0.25, -0.2) is 4.99 Å². The molecule has 26 heavy (non-hydrogen) atoms. The summed E-state index contributed by atoms with van der Waals surface area (Å²) in [6.07, 6.45) is 0.487. The van der Waals surface area contributed by atoms with Crippen molar-refractivity contribution in [2.24, 2.45) is 4.99 Å². The third kappa shape index (κ3) is 7.11. The number of carbonyl (C=O) groups is 1. The minimum atomic E-state index is -0.284. The molecule has 1 aromatic carbocycles. The summed E-state index contributed by atoms with van der Waals surface area (Å²) in [5.41, 5.74) is 1.36. The van der Waals surface area contributed by atoms with Crippen LogP contribution < -0.4 is 10.6 Å². The molecule has 0 unspecified atom stereocenters. The maximum atomic E-state index is 12.3. The summed E-state index contributed by atoms with van der Waals surface area (Å²) in [6, 6.07) is 7.55. The smallest absolute Gasteiger partial charge is 0.251 e. The van der Waals surface area contributed by atoms with Crippen molar-refractivity contribution in [1.29, 1.82) is 0 Å². The second-order valence-electron chi connectivity index (χ2n) is 7.46. The second kappa shape index (κ2) is 10.1. The monoisotopic (exact) mass is 474 g/mol. The summed E-state index contributed by atoms with van der Waals surface area (Å²) in [5.74, 6) is 0.733. The highest BCUT2D eigenvalue weighted by Crippen LogP contribution is 2.12. The molecule has 0 spiro atoms. The van der Waals surface area contributed by atoms with Gasteiger partial charge in [-0.05, 0) is 51.8 Å². The van der Waals surface area contributed by atoms with Crippen molar-refractivity contribution >= 4 is 35.8 Å². The van der Waals surface area contributed by atoms with Crippen molar-refractivity contribution in [3.8, 4) is 0 Å². The Labute approximate surface area is 173 Å². The van der Waals surface area contributed by atoms with Crippen LogP contribution >= 0.6 is 24.0 Å². The van der Waals surface area contributed by atoms with Crippen LogP contribution in [0.5, 0.6) is 0 Å². The van der Waals surface area contributed by atoms with Crippen molar-refractivity contribution in [3.63, 3.8) is 0 Å². The Morgan fingerprint density at radius 2 is 2.12 bits per heavy atom. The van der Waals surface area contributed by atoms with Crippen LogP contribution in [0.4, 0.5) is 0 Å². The Balaban J connectivity index is 0.00000338. The number of hydrogen-bond donors (Lipinski definition) is 3. The molecule has 1 aliphatic heterocycles. The zero-order valence-electron chi connectivity index (χ0n) is 16.1. The van der Waals surface area contributed by atoms with Gasteiger partial charge in [-0.2, -0.15) is 0 Å². The summed E-state index contributed by atoms with van der Waals surface area (Å²) in [6.45, 7) is 10.6. The van der Waals surface area contributed by atoms with Gasteiger partial charge < -0.3 is 20.6 Å². The molecule has 1 saturated heterocycles. The molecule has 146 valence electrons. The number of carbonyl (C=O) groups excluding carboxylic acids is 1. The molecule has 2 rings (SSSR count). The lowest BCUT2D eigenvalue weighted by Gasteiger charge is -2.21. The van der Waals surface area contributed by atoms with E-state index in [1.807, 2.05) is 52.0 Å². The van der Waals surface area contributed by atoms with E-state index in [0.29, 0.717) is 18.7 Å². The van der Waals surface area contributed by atoms with Gasteiger partial charge in [0.15, 0.2) is 5.96 Å². The van der Waals surface area contributed by atoms with Crippen LogP contribution in [0, 0.1) is 0 Å². The zero-order chi connectivity index (χ0) is 18.4. The fraction of sp³-hybridized carbons (Fsp3) is 0.579. The molecular formula is C19H31IN4O2. The largest absolute Gasteiger partial charge is 0.391 e. The molecule has 1 atom stereocenters. The normalized spacial score (nSPS) is 17.7. The molecule has 6 nitrogen and oxygen atoms in total. The number of rotatable bonds is 4. The Morgan fingerprint density at radius 1 is 1.38 bits per heavy atom. The number of amides is 1. The van der Waals surface area contributed by atoms with Crippen LogP contribution in [-0.2, 0) is 6.54 Å². The second-order valence-corrected chi connectivity index (χ2v) is 7.46. The third-order valence-electron chi connectivity index (χ3n) is 3.89. The summed E-state index contributed by atoms with van der Waals surface area (Å²) in [5, 5.41) is 16.0. The van der Waals surface area contributed by atoms with E-state index >= 15 is 0 Å². The maximum Gasteiger partial charge on any atom is 0.251 e. The number of likely N-dealkylation sites (tertiary alicyclic amines) is 1. The quantitative estimate of drug-likeness (QED) is 0.356. The van der Waals surface area contributed by atoms with Gasteiger partial charge in [0, 0.05) is 30.7 Å². The van der Waals surface area contributed by atoms with E-state index in [-0.39, 0.29) is 41.5 Å². The summed E-state index contributed by atoms with van der Waals surface area (Å²) < 4.78 is 0. The first-order valence-corrected chi connectivity index (χ1v) is 8.91. The lowest BCUT2D eigenvalue weighted by Crippen LogP contribution is -2.40. The van der Waals surface area contributed by atoms with Crippen LogP contribution in [0.1, 0.15) is 50.0 Å². The minimum absolute atomic E-state index is 0. The first kappa shape index (κ1) is 22.7. The minimum Gasteiger partial charge on any atom is -0.391 e. The summed E-state index contributed by atoms with van der Waals surface area (Å²) in [4.78, 5) is 19.0. The lowest BCUT2D eigenvalue weighted by atomic mass is 10.1. The van der Waals surface area contributed by atoms with Crippen molar-refractivity contribution in [1.82, 2.24) is 15.5 Å². The van der Waals surface area contributed by atoms with Gasteiger partial charge in [-0.15, -0.1) is 24.0 Å². The molecule has 7 heteroatoms. The van der Waals surface area contributed by atoms with Crippen LogP contribution in [0.15, 0.2) is 29.3 Å². The highest BCUT2D eigenvalue weighted by molar-refractivity contribution is 14.0. The van der Waals surface area contributed by atoms with Crippen LogP contribution in [0.25, 0.3) is 0 Å². The first-order chi connectivity index (χ1) is 11.8. The lowest BCUT2D eigenvalue weighted by molar-refractivity contribution is 0.0919. The Hall–Kier alpha value is -1.35. The van der Waals surface area contributed by atoms with Gasteiger partial charge in [0.2, 0.25) is 0 Å². The molecular weight excluding hydrogens is 443 g/mol. The van der Waals surface area contributed by atoms with Crippen LogP contribution in [0.2, 0.25) is 0 Å². The van der Waals surface area contributed by atoms with Crippen LogP contribution in [0.3, 0.4) is 0 Å². The number of hydrogen-bond acceptors (Lipinski definition) is 3. The Kier molecular flexibility index (Phi) is 8.82. The average molecular weight is 474 g/mol. The Morgan fingerprint density at radius 3 is 2.69 bits per heavy atom. The van der Waals surface area contributed by atoms with E-state index < -0.39 is 0 Å².